The maximum absolute atomic E-state index is 11.2. The number of halogens is 1. The fraction of sp³-hybridized carbons (Fsp3) is 0.133. The third-order valence-electron chi connectivity index (χ3n) is 2.56. The van der Waals surface area contributed by atoms with Crippen molar-refractivity contribution in [2.24, 2.45) is 0 Å². The molecule has 1 atom stereocenters. The highest BCUT2D eigenvalue weighted by Crippen LogP contribution is 2.23. The first-order valence-electron chi connectivity index (χ1n) is 5.93. The van der Waals surface area contributed by atoms with Gasteiger partial charge < -0.3 is 14.6 Å². The molecule has 1 unspecified atom stereocenters. The Morgan fingerprint density at radius 2 is 1.85 bits per heavy atom. The van der Waals surface area contributed by atoms with Gasteiger partial charge in [0.1, 0.15) is 11.5 Å². The van der Waals surface area contributed by atoms with E-state index in [9.17, 15) is 4.79 Å². The van der Waals surface area contributed by atoms with Crippen LogP contribution in [0.25, 0.3) is 0 Å². The summed E-state index contributed by atoms with van der Waals surface area (Å²) in [6.07, 6.45) is -1.42. The first-order chi connectivity index (χ1) is 9.56. The van der Waals surface area contributed by atoms with E-state index in [1.54, 1.807) is 49.4 Å². The van der Waals surface area contributed by atoms with E-state index in [-0.39, 0.29) is 0 Å². The number of carboxylic acids is 1. The van der Waals surface area contributed by atoms with Crippen molar-refractivity contribution in [3.63, 3.8) is 0 Å². The van der Waals surface area contributed by atoms with Crippen LogP contribution in [0.2, 0.25) is 5.02 Å². The van der Waals surface area contributed by atoms with Gasteiger partial charge in [-0.25, -0.2) is 4.79 Å². The van der Waals surface area contributed by atoms with E-state index in [0.29, 0.717) is 16.5 Å². The van der Waals surface area contributed by atoms with Crippen molar-refractivity contribution < 1.29 is 19.4 Å². The number of hydrogen-bond donors (Lipinski definition) is 1. The second-order valence-corrected chi connectivity index (χ2v) is 4.57. The number of para-hydroxylation sites is 1. The summed E-state index contributed by atoms with van der Waals surface area (Å²) >= 11 is 5.84. The van der Waals surface area contributed by atoms with Gasteiger partial charge in [0.2, 0.25) is 0 Å². The minimum absolute atomic E-state index is 0.415. The molecular formula is C15H13ClO4. The number of ether oxygens (including phenoxy) is 2. The molecule has 0 amide bonds. The van der Waals surface area contributed by atoms with Gasteiger partial charge in [-0.1, -0.05) is 29.8 Å². The third-order valence-corrected chi connectivity index (χ3v) is 2.79. The molecule has 1 N–H and O–H groups in total. The first-order valence-corrected chi connectivity index (χ1v) is 6.31. The zero-order valence-electron chi connectivity index (χ0n) is 10.7. The maximum Gasteiger partial charge on any atom is 0.387 e. The van der Waals surface area contributed by atoms with Crippen LogP contribution in [0.5, 0.6) is 11.5 Å². The van der Waals surface area contributed by atoms with Gasteiger partial charge in [0.15, 0.2) is 0 Å². The van der Waals surface area contributed by atoms with Gasteiger partial charge >= 0.3 is 12.3 Å². The number of carbonyl (C=O) groups is 1. The van der Waals surface area contributed by atoms with Gasteiger partial charge in [0.05, 0.1) is 0 Å². The molecule has 0 aromatic heterocycles. The molecule has 4 nitrogen and oxygen atoms in total. The molecule has 0 saturated heterocycles. The number of aliphatic carboxylic acids is 1. The minimum Gasteiger partial charge on any atom is -0.476 e. The second-order valence-electron chi connectivity index (χ2n) is 4.13. The Hall–Kier alpha value is -2.20. The van der Waals surface area contributed by atoms with Gasteiger partial charge in [-0.2, -0.15) is 0 Å². The standard InChI is InChI=1S/C15H13ClO4/c1-10-9-11(16)7-8-13(10)20-15(14(17)18)19-12-5-3-2-4-6-12/h2-9,15H,1H3,(H,17,18). The number of benzene rings is 2. The Balaban J connectivity index is 2.15. The summed E-state index contributed by atoms with van der Waals surface area (Å²) in [6.45, 7) is 1.78. The Morgan fingerprint density at radius 3 is 2.45 bits per heavy atom. The van der Waals surface area contributed by atoms with Crippen molar-refractivity contribution in [3.8, 4) is 11.5 Å². The Labute approximate surface area is 121 Å². The predicted molar refractivity (Wildman–Crippen MR) is 75.3 cm³/mol. The van der Waals surface area contributed by atoms with E-state index in [2.05, 4.69) is 0 Å². The lowest BCUT2D eigenvalue weighted by Crippen LogP contribution is -2.33. The molecule has 0 spiro atoms. The lowest BCUT2D eigenvalue weighted by molar-refractivity contribution is -0.158. The van der Waals surface area contributed by atoms with Gasteiger partial charge in [0.25, 0.3) is 0 Å². The van der Waals surface area contributed by atoms with Crippen molar-refractivity contribution in [2.75, 3.05) is 0 Å². The van der Waals surface area contributed by atoms with Crippen LogP contribution >= 0.6 is 11.6 Å². The molecule has 0 aliphatic carbocycles. The molecule has 20 heavy (non-hydrogen) atoms. The van der Waals surface area contributed by atoms with Crippen LogP contribution in [0.4, 0.5) is 0 Å². The van der Waals surface area contributed by atoms with Crippen LogP contribution in [-0.4, -0.2) is 17.4 Å². The van der Waals surface area contributed by atoms with Gasteiger partial charge in [0, 0.05) is 5.02 Å². The van der Waals surface area contributed by atoms with Crippen molar-refractivity contribution in [2.45, 2.75) is 13.2 Å². The van der Waals surface area contributed by atoms with Crippen molar-refractivity contribution in [3.05, 3.63) is 59.1 Å². The first kappa shape index (κ1) is 14.2. The molecule has 104 valence electrons. The summed E-state index contributed by atoms with van der Waals surface area (Å²) < 4.78 is 10.7. The third kappa shape index (κ3) is 3.65. The van der Waals surface area contributed by atoms with Crippen molar-refractivity contribution in [1.29, 1.82) is 0 Å². The Kier molecular flexibility index (Phi) is 4.48. The largest absolute Gasteiger partial charge is 0.476 e. The average Bonchev–Trinajstić information content (AvgIpc) is 2.42. The van der Waals surface area contributed by atoms with Crippen LogP contribution in [0.3, 0.4) is 0 Å². The quantitative estimate of drug-likeness (QED) is 0.857. The predicted octanol–water partition coefficient (Wildman–Crippen LogP) is 3.52. The van der Waals surface area contributed by atoms with Crippen LogP contribution in [0.15, 0.2) is 48.5 Å². The summed E-state index contributed by atoms with van der Waals surface area (Å²) in [5.41, 5.74) is 0.736. The lowest BCUT2D eigenvalue weighted by atomic mass is 10.2. The van der Waals surface area contributed by atoms with Crippen molar-refractivity contribution >= 4 is 17.6 Å². The average molecular weight is 293 g/mol. The van der Waals surface area contributed by atoms with Crippen LogP contribution in [0.1, 0.15) is 5.56 Å². The van der Waals surface area contributed by atoms with E-state index in [4.69, 9.17) is 26.2 Å². The van der Waals surface area contributed by atoms with E-state index in [1.807, 2.05) is 6.07 Å². The molecule has 0 aliphatic heterocycles. The molecule has 2 aromatic rings. The van der Waals surface area contributed by atoms with Crippen LogP contribution in [0, 0.1) is 6.92 Å². The van der Waals surface area contributed by atoms with Crippen LogP contribution in [-0.2, 0) is 4.79 Å². The summed E-state index contributed by atoms with van der Waals surface area (Å²) in [6, 6.07) is 13.6. The molecular weight excluding hydrogens is 280 g/mol. The summed E-state index contributed by atoms with van der Waals surface area (Å²) in [5, 5.41) is 9.73. The monoisotopic (exact) mass is 292 g/mol. The zero-order chi connectivity index (χ0) is 14.5. The molecule has 0 aliphatic rings. The molecule has 2 rings (SSSR count). The second kappa shape index (κ2) is 6.30. The highest BCUT2D eigenvalue weighted by molar-refractivity contribution is 6.30. The number of carboxylic acid groups (broad SMARTS) is 1. The van der Waals surface area contributed by atoms with E-state index >= 15 is 0 Å². The van der Waals surface area contributed by atoms with Crippen molar-refractivity contribution in [1.82, 2.24) is 0 Å². The topological polar surface area (TPSA) is 55.8 Å². The van der Waals surface area contributed by atoms with Gasteiger partial charge in [-0.3, -0.25) is 0 Å². The SMILES string of the molecule is Cc1cc(Cl)ccc1OC(Oc1ccccc1)C(=O)O. The molecule has 5 heteroatoms. The van der Waals surface area contributed by atoms with E-state index in [0.717, 1.165) is 5.56 Å². The highest BCUT2D eigenvalue weighted by atomic mass is 35.5. The minimum atomic E-state index is -1.42. The lowest BCUT2D eigenvalue weighted by Gasteiger charge is -2.18. The molecule has 2 aromatic carbocycles. The maximum atomic E-state index is 11.2. The summed E-state index contributed by atoms with van der Waals surface area (Å²) in [5.74, 6) is -0.368. The smallest absolute Gasteiger partial charge is 0.387 e. The van der Waals surface area contributed by atoms with Gasteiger partial charge in [-0.15, -0.1) is 0 Å². The molecule has 0 saturated carbocycles. The fourth-order valence-electron chi connectivity index (χ4n) is 1.61. The van der Waals surface area contributed by atoms with E-state index < -0.39 is 12.3 Å². The molecule has 0 bridgehead atoms. The van der Waals surface area contributed by atoms with Gasteiger partial charge in [-0.05, 0) is 42.8 Å². The molecule has 0 radical (unpaired) electrons. The number of rotatable bonds is 5. The van der Waals surface area contributed by atoms with E-state index in [1.165, 1.54) is 0 Å². The molecule has 0 fully saturated rings. The fourth-order valence-corrected chi connectivity index (χ4v) is 1.83. The van der Waals surface area contributed by atoms with Crippen LogP contribution < -0.4 is 9.47 Å². The number of aryl methyl sites for hydroxylation is 1. The Morgan fingerprint density at radius 1 is 1.15 bits per heavy atom. The highest BCUT2D eigenvalue weighted by Gasteiger charge is 2.22. The normalized spacial score (nSPS) is 11.7. The Bertz CT molecular complexity index is 598. The summed E-state index contributed by atoms with van der Waals surface area (Å²) in [4.78, 5) is 11.2. The summed E-state index contributed by atoms with van der Waals surface area (Å²) in [7, 11) is 0. The zero-order valence-corrected chi connectivity index (χ0v) is 11.5. The number of hydrogen-bond acceptors (Lipinski definition) is 3. The molecule has 0 heterocycles.